The molecule has 0 bridgehead atoms. The number of aliphatic carboxylic acids is 1. The maximum atomic E-state index is 10.6. The number of hydrogen-bond donors (Lipinski definition) is 1. The summed E-state index contributed by atoms with van der Waals surface area (Å²) in [4.78, 5) is 10.6. The lowest BCUT2D eigenvalue weighted by Crippen LogP contribution is -2.15. The van der Waals surface area contributed by atoms with Crippen molar-refractivity contribution in [2.75, 3.05) is 6.61 Å². The number of ether oxygens (including phenoxy) is 1. The summed E-state index contributed by atoms with van der Waals surface area (Å²) < 4.78 is 5.28. The zero-order valence-corrected chi connectivity index (χ0v) is 9.41. The van der Waals surface area contributed by atoms with Gasteiger partial charge in [-0.15, -0.1) is 0 Å². The SMILES string of the molecule is CC(C)=COCC(C)C[C@H](C)C(=O)O. The Bertz CT molecular complexity index is 205. The van der Waals surface area contributed by atoms with Gasteiger partial charge in [-0.2, -0.15) is 0 Å². The molecule has 0 aromatic rings. The molecule has 3 heteroatoms. The fourth-order valence-electron chi connectivity index (χ4n) is 1.15. The summed E-state index contributed by atoms with van der Waals surface area (Å²) in [5, 5.41) is 8.69. The first-order valence-electron chi connectivity index (χ1n) is 4.91. The first-order chi connectivity index (χ1) is 6.43. The minimum atomic E-state index is -0.737. The van der Waals surface area contributed by atoms with Crippen molar-refractivity contribution in [1.82, 2.24) is 0 Å². The molecule has 0 radical (unpaired) electrons. The van der Waals surface area contributed by atoms with Crippen molar-refractivity contribution in [3.63, 3.8) is 0 Å². The molecular formula is C11H20O3. The molecule has 0 saturated carbocycles. The van der Waals surface area contributed by atoms with Crippen molar-refractivity contribution >= 4 is 5.97 Å². The van der Waals surface area contributed by atoms with E-state index in [0.29, 0.717) is 13.0 Å². The molecule has 0 aliphatic carbocycles. The first kappa shape index (κ1) is 13.0. The minimum absolute atomic E-state index is 0.275. The molecule has 0 amide bonds. The third kappa shape index (κ3) is 6.52. The van der Waals surface area contributed by atoms with E-state index >= 15 is 0 Å². The van der Waals surface area contributed by atoms with Crippen LogP contribution in [0.4, 0.5) is 0 Å². The zero-order chi connectivity index (χ0) is 11.1. The fraction of sp³-hybridized carbons (Fsp3) is 0.727. The van der Waals surface area contributed by atoms with Gasteiger partial charge in [0.05, 0.1) is 18.8 Å². The highest BCUT2D eigenvalue weighted by atomic mass is 16.5. The monoisotopic (exact) mass is 200 g/mol. The van der Waals surface area contributed by atoms with E-state index in [1.54, 1.807) is 13.2 Å². The second-order valence-electron chi connectivity index (χ2n) is 4.11. The van der Waals surface area contributed by atoms with Gasteiger partial charge in [0.2, 0.25) is 0 Å². The fourth-order valence-corrected chi connectivity index (χ4v) is 1.15. The summed E-state index contributed by atoms with van der Waals surface area (Å²) in [7, 11) is 0. The van der Waals surface area contributed by atoms with Crippen LogP contribution in [-0.2, 0) is 9.53 Å². The zero-order valence-electron chi connectivity index (χ0n) is 9.41. The topological polar surface area (TPSA) is 46.5 Å². The lowest BCUT2D eigenvalue weighted by atomic mass is 9.98. The maximum Gasteiger partial charge on any atom is 0.306 e. The standard InChI is InChI=1S/C11H20O3/c1-8(2)6-14-7-9(3)5-10(4)11(12)13/h6,9-10H,5,7H2,1-4H3,(H,12,13)/t9?,10-/m0/s1. The van der Waals surface area contributed by atoms with Crippen LogP contribution >= 0.6 is 0 Å². The van der Waals surface area contributed by atoms with E-state index in [0.717, 1.165) is 5.57 Å². The molecule has 1 unspecified atom stereocenters. The van der Waals surface area contributed by atoms with Crippen LogP contribution < -0.4 is 0 Å². The quantitative estimate of drug-likeness (QED) is 0.670. The van der Waals surface area contributed by atoms with Crippen molar-refractivity contribution in [3.05, 3.63) is 11.8 Å². The molecule has 14 heavy (non-hydrogen) atoms. The Morgan fingerprint density at radius 2 is 2.00 bits per heavy atom. The van der Waals surface area contributed by atoms with Crippen molar-refractivity contribution < 1.29 is 14.6 Å². The molecule has 0 aromatic heterocycles. The van der Waals surface area contributed by atoms with Crippen LogP contribution in [0.2, 0.25) is 0 Å². The maximum absolute atomic E-state index is 10.6. The Hall–Kier alpha value is -0.990. The van der Waals surface area contributed by atoms with Crippen LogP contribution in [0.1, 0.15) is 34.1 Å². The third-order valence-corrected chi connectivity index (χ3v) is 1.88. The molecule has 0 spiro atoms. The molecule has 2 atom stereocenters. The van der Waals surface area contributed by atoms with Crippen LogP contribution in [0.5, 0.6) is 0 Å². The molecule has 0 aromatic carbocycles. The largest absolute Gasteiger partial charge is 0.501 e. The van der Waals surface area contributed by atoms with E-state index in [-0.39, 0.29) is 11.8 Å². The summed E-state index contributed by atoms with van der Waals surface area (Å²) >= 11 is 0. The van der Waals surface area contributed by atoms with E-state index in [9.17, 15) is 4.79 Å². The number of allylic oxidation sites excluding steroid dienone is 1. The Balaban J connectivity index is 3.70. The number of carbonyl (C=O) groups is 1. The van der Waals surface area contributed by atoms with Crippen molar-refractivity contribution in [2.45, 2.75) is 34.1 Å². The van der Waals surface area contributed by atoms with Gasteiger partial charge in [0.1, 0.15) is 0 Å². The predicted octanol–water partition coefficient (Wildman–Crippen LogP) is 2.67. The van der Waals surface area contributed by atoms with Crippen LogP contribution in [0.3, 0.4) is 0 Å². The normalized spacial score (nSPS) is 14.3. The van der Waals surface area contributed by atoms with Crippen LogP contribution in [0, 0.1) is 11.8 Å². The molecule has 3 nitrogen and oxygen atoms in total. The van der Waals surface area contributed by atoms with Crippen LogP contribution in [0.15, 0.2) is 11.8 Å². The average molecular weight is 200 g/mol. The van der Waals surface area contributed by atoms with Gasteiger partial charge < -0.3 is 9.84 Å². The molecule has 0 saturated heterocycles. The molecule has 0 aliphatic heterocycles. The van der Waals surface area contributed by atoms with Gasteiger partial charge in [-0.3, -0.25) is 4.79 Å². The second-order valence-corrected chi connectivity index (χ2v) is 4.11. The predicted molar refractivity (Wildman–Crippen MR) is 56.0 cm³/mol. The van der Waals surface area contributed by atoms with Gasteiger partial charge in [0.15, 0.2) is 0 Å². The van der Waals surface area contributed by atoms with Gasteiger partial charge >= 0.3 is 5.97 Å². The van der Waals surface area contributed by atoms with Crippen LogP contribution in [-0.4, -0.2) is 17.7 Å². The summed E-state index contributed by atoms with van der Waals surface area (Å²) in [5.41, 5.74) is 1.11. The van der Waals surface area contributed by atoms with Gasteiger partial charge in [0.25, 0.3) is 0 Å². The summed E-state index contributed by atoms with van der Waals surface area (Å²) in [6.07, 6.45) is 2.37. The van der Waals surface area contributed by atoms with Gasteiger partial charge in [-0.05, 0) is 31.8 Å². The van der Waals surface area contributed by atoms with Crippen molar-refractivity contribution in [3.8, 4) is 0 Å². The molecule has 0 rings (SSSR count). The van der Waals surface area contributed by atoms with Gasteiger partial charge in [-0.25, -0.2) is 0 Å². The van der Waals surface area contributed by atoms with Crippen LogP contribution in [0.25, 0.3) is 0 Å². The molecule has 82 valence electrons. The smallest absolute Gasteiger partial charge is 0.306 e. The highest BCUT2D eigenvalue weighted by molar-refractivity contribution is 5.69. The molecule has 0 heterocycles. The Morgan fingerprint density at radius 3 is 2.43 bits per heavy atom. The van der Waals surface area contributed by atoms with E-state index in [2.05, 4.69) is 0 Å². The molecule has 0 fully saturated rings. The summed E-state index contributed by atoms with van der Waals surface area (Å²) in [6.45, 7) is 8.23. The van der Waals surface area contributed by atoms with Crippen molar-refractivity contribution in [2.24, 2.45) is 11.8 Å². The number of hydrogen-bond acceptors (Lipinski definition) is 2. The Kier molecular flexibility index (Phi) is 6.00. The lowest BCUT2D eigenvalue weighted by Gasteiger charge is -2.13. The highest BCUT2D eigenvalue weighted by Crippen LogP contribution is 2.12. The minimum Gasteiger partial charge on any atom is -0.501 e. The van der Waals surface area contributed by atoms with Gasteiger partial charge in [0, 0.05) is 0 Å². The van der Waals surface area contributed by atoms with E-state index in [4.69, 9.17) is 9.84 Å². The number of rotatable bonds is 6. The van der Waals surface area contributed by atoms with E-state index in [1.165, 1.54) is 0 Å². The van der Waals surface area contributed by atoms with E-state index in [1.807, 2.05) is 20.8 Å². The highest BCUT2D eigenvalue weighted by Gasteiger charge is 2.14. The molecular weight excluding hydrogens is 180 g/mol. The number of carboxylic acid groups (broad SMARTS) is 1. The second kappa shape index (κ2) is 6.46. The Labute approximate surface area is 85.8 Å². The number of carboxylic acids is 1. The summed E-state index contributed by atoms with van der Waals surface area (Å²) in [6, 6.07) is 0. The molecule has 1 N–H and O–H groups in total. The molecule has 0 aliphatic rings. The summed E-state index contributed by atoms with van der Waals surface area (Å²) in [5.74, 6) is -0.754. The first-order valence-corrected chi connectivity index (χ1v) is 4.91. The third-order valence-electron chi connectivity index (χ3n) is 1.88. The van der Waals surface area contributed by atoms with Crippen molar-refractivity contribution in [1.29, 1.82) is 0 Å². The van der Waals surface area contributed by atoms with E-state index < -0.39 is 5.97 Å². The lowest BCUT2D eigenvalue weighted by molar-refractivity contribution is -0.141. The average Bonchev–Trinajstić information content (AvgIpc) is 2.02. The van der Waals surface area contributed by atoms with Gasteiger partial charge in [-0.1, -0.05) is 13.8 Å². The Morgan fingerprint density at radius 1 is 1.43 bits per heavy atom.